The summed E-state index contributed by atoms with van der Waals surface area (Å²) in [6.45, 7) is 0. The van der Waals surface area contributed by atoms with Crippen molar-refractivity contribution in [2.24, 2.45) is 0 Å². The molecule has 0 heterocycles. The number of hydrogen-bond donors (Lipinski definition) is 2. The summed E-state index contributed by atoms with van der Waals surface area (Å²) in [6, 6.07) is 10.1. The third kappa shape index (κ3) is 3.85. The highest BCUT2D eigenvalue weighted by atomic mass is 19.1. The van der Waals surface area contributed by atoms with Gasteiger partial charge in [-0.3, -0.25) is 0 Å². The number of anilines is 2. The second-order valence-electron chi connectivity index (χ2n) is 4.16. The van der Waals surface area contributed by atoms with Gasteiger partial charge in [0, 0.05) is 11.8 Å². The minimum atomic E-state index is -0.507. The van der Waals surface area contributed by atoms with Crippen molar-refractivity contribution in [1.29, 1.82) is 0 Å². The van der Waals surface area contributed by atoms with Crippen LogP contribution in [0, 0.1) is 5.82 Å². The molecule has 6 heteroatoms. The number of nitrogens with one attached hydrogen (secondary N) is 2. The molecule has 0 aliphatic rings. The van der Waals surface area contributed by atoms with E-state index in [-0.39, 0.29) is 0 Å². The van der Waals surface area contributed by atoms with Gasteiger partial charge in [0.2, 0.25) is 0 Å². The highest BCUT2D eigenvalue weighted by molar-refractivity contribution is 6.00. The van der Waals surface area contributed by atoms with E-state index >= 15 is 0 Å². The first-order valence-corrected chi connectivity index (χ1v) is 6.18. The Morgan fingerprint density at radius 2 is 1.86 bits per heavy atom. The average Bonchev–Trinajstić information content (AvgIpc) is 2.47. The maximum Gasteiger partial charge on any atom is 0.323 e. The molecule has 0 aliphatic carbocycles. The fraction of sp³-hybridized carbons (Fsp3) is 0.133. The predicted octanol–water partition coefficient (Wildman–Crippen LogP) is 3.49. The van der Waals surface area contributed by atoms with Crippen molar-refractivity contribution in [3.05, 3.63) is 48.3 Å². The normalized spacial score (nSPS) is 9.86. The van der Waals surface area contributed by atoms with Crippen LogP contribution in [0.25, 0.3) is 0 Å². The molecule has 0 spiro atoms. The van der Waals surface area contributed by atoms with Gasteiger partial charge < -0.3 is 20.1 Å². The molecular formula is C15H15FN2O3. The molecule has 0 saturated carbocycles. The second kappa shape index (κ2) is 6.60. The van der Waals surface area contributed by atoms with Gasteiger partial charge in [-0.25, -0.2) is 9.18 Å². The monoisotopic (exact) mass is 290 g/mol. The van der Waals surface area contributed by atoms with Gasteiger partial charge in [-0.2, -0.15) is 0 Å². The summed E-state index contributed by atoms with van der Waals surface area (Å²) in [5, 5.41) is 5.16. The maximum atomic E-state index is 13.1. The molecule has 0 saturated heterocycles. The number of benzene rings is 2. The average molecular weight is 290 g/mol. The fourth-order valence-corrected chi connectivity index (χ4v) is 1.76. The lowest BCUT2D eigenvalue weighted by Gasteiger charge is -2.12. The van der Waals surface area contributed by atoms with Gasteiger partial charge in [-0.05, 0) is 30.3 Å². The van der Waals surface area contributed by atoms with Gasteiger partial charge in [0.25, 0.3) is 0 Å². The van der Waals surface area contributed by atoms with Crippen LogP contribution < -0.4 is 20.1 Å². The van der Waals surface area contributed by atoms with Crippen LogP contribution in [0.2, 0.25) is 0 Å². The van der Waals surface area contributed by atoms with Crippen molar-refractivity contribution in [2.75, 3.05) is 24.9 Å². The number of carbonyl (C=O) groups excluding carboxylic acids is 1. The molecule has 0 atom stereocenters. The van der Waals surface area contributed by atoms with E-state index in [1.165, 1.54) is 32.4 Å². The SMILES string of the molecule is COc1ccc(OC)c(NC(=O)Nc2cccc(F)c2)c1. The molecule has 0 radical (unpaired) electrons. The molecule has 2 N–H and O–H groups in total. The van der Waals surface area contributed by atoms with Gasteiger partial charge in [0.1, 0.15) is 17.3 Å². The Morgan fingerprint density at radius 3 is 2.52 bits per heavy atom. The second-order valence-corrected chi connectivity index (χ2v) is 4.16. The van der Waals surface area contributed by atoms with Crippen molar-refractivity contribution in [3.8, 4) is 11.5 Å². The van der Waals surface area contributed by atoms with Crippen LogP contribution in [0.15, 0.2) is 42.5 Å². The Balaban J connectivity index is 2.12. The Bertz CT molecular complexity index is 647. The molecule has 0 aliphatic heterocycles. The zero-order chi connectivity index (χ0) is 15.2. The summed E-state index contributed by atoms with van der Waals surface area (Å²) in [4.78, 5) is 11.9. The van der Waals surface area contributed by atoms with Crippen molar-refractivity contribution in [2.45, 2.75) is 0 Å². The molecule has 21 heavy (non-hydrogen) atoms. The van der Waals surface area contributed by atoms with Gasteiger partial charge >= 0.3 is 6.03 Å². The standard InChI is InChI=1S/C15H15FN2O3/c1-20-12-6-7-14(21-2)13(9-12)18-15(19)17-11-5-3-4-10(16)8-11/h3-9H,1-2H3,(H2,17,18,19). The van der Waals surface area contributed by atoms with E-state index < -0.39 is 11.8 Å². The number of ether oxygens (including phenoxy) is 2. The largest absolute Gasteiger partial charge is 0.497 e. The zero-order valence-electron chi connectivity index (χ0n) is 11.6. The van der Waals surface area contributed by atoms with Crippen LogP contribution >= 0.6 is 0 Å². The van der Waals surface area contributed by atoms with E-state index in [9.17, 15) is 9.18 Å². The summed E-state index contributed by atoms with van der Waals surface area (Å²) in [7, 11) is 3.02. The van der Waals surface area contributed by atoms with Crippen molar-refractivity contribution < 1.29 is 18.7 Å². The Hall–Kier alpha value is -2.76. The van der Waals surface area contributed by atoms with E-state index in [1.807, 2.05) is 0 Å². The Labute approximate surface area is 121 Å². The molecule has 0 fully saturated rings. The van der Waals surface area contributed by atoms with Gasteiger partial charge in [-0.1, -0.05) is 6.07 Å². The highest BCUT2D eigenvalue weighted by Crippen LogP contribution is 2.28. The summed E-state index contributed by atoms with van der Waals surface area (Å²) in [6.07, 6.45) is 0. The van der Waals surface area contributed by atoms with E-state index in [4.69, 9.17) is 9.47 Å². The predicted molar refractivity (Wildman–Crippen MR) is 78.6 cm³/mol. The third-order valence-corrected chi connectivity index (χ3v) is 2.74. The van der Waals surface area contributed by atoms with E-state index in [0.29, 0.717) is 22.9 Å². The molecule has 2 rings (SSSR count). The molecule has 0 bridgehead atoms. The smallest absolute Gasteiger partial charge is 0.323 e. The molecule has 0 aromatic heterocycles. The first-order valence-electron chi connectivity index (χ1n) is 6.18. The summed E-state index contributed by atoms with van der Waals surface area (Å²) >= 11 is 0. The first kappa shape index (κ1) is 14.6. The summed E-state index contributed by atoms with van der Waals surface area (Å²) in [5.41, 5.74) is 0.806. The lowest BCUT2D eigenvalue weighted by molar-refractivity contribution is 0.262. The van der Waals surface area contributed by atoms with E-state index in [1.54, 1.807) is 24.3 Å². The van der Waals surface area contributed by atoms with Gasteiger partial charge in [0.05, 0.1) is 19.9 Å². The lowest BCUT2D eigenvalue weighted by atomic mass is 10.2. The van der Waals surface area contributed by atoms with Gasteiger partial charge in [0.15, 0.2) is 0 Å². The van der Waals surface area contributed by atoms with Crippen LogP contribution in [0.1, 0.15) is 0 Å². The topological polar surface area (TPSA) is 59.6 Å². The number of carbonyl (C=O) groups is 1. The molecule has 2 amide bonds. The first-order chi connectivity index (χ1) is 10.1. The summed E-state index contributed by atoms with van der Waals surface area (Å²) in [5.74, 6) is 0.647. The third-order valence-electron chi connectivity index (χ3n) is 2.74. The number of hydrogen-bond acceptors (Lipinski definition) is 3. The summed E-state index contributed by atoms with van der Waals surface area (Å²) < 4.78 is 23.3. The van der Waals surface area contributed by atoms with Crippen LogP contribution in [-0.2, 0) is 0 Å². The Kier molecular flexibility index (Phi) is 4.61. The van der Waals surface area contributed by atoms with Crippen molar-refractivity contribution >= 4 is 17.4 Å². The zero-order valence-corrected chi connectivity index (χ0v) is 11.6. The Morgan fingerprint density at radius 1 is 1.05 bits per heavy atom. The number of urea groups is 1. The minimum absolute atomic E-state index is 0.356. The quantitative estimate of drug-likeness (QED) is 0.906. The van der Waals surface area contributed by atoms with Crippen molar-refractivity contribution in [3.63, 3.8) is 0 Å². The molecule has 110 valence electrons. The minimum Gasteiger partial charge on any atom is -0.497 e. The van der Waals surface area contributed by atoms with Crippen LogP contribution in [0.5, 0.6) is 11.5 Å². The number of amides is 2. The van der Waals surface area contributed by atoms with E-state index in [2.05, 4.69) is 10.6 Å². The van der Waals surface area contributed by atoms with Crippen LogP contribution in [0.3, 0.4) is 0 Å². The molecular weight excluding hydrogens is 275 g/mol. The van der Waals surface area contributed by atoms with Crippen LogP contribution in [-0.4, -0.2) is 20.3 Å². The maximum absolute atomic E-state index is 13.1. The van der Waals surface area contributed by atoms with Crippen molar-refractivity contribution in [1.82, 2.24) is 0 Å². The number of methoxy groups -OCH3 is 2. The van der Waals surface area contributed by atoms with Crippen LogP contribution in [0.4, 0.5) is 20.6 Å². The van der Waals surface area contributed by atoms with E-state index in [0.717, 1.165) is 0 Å². The molecule has 0 unspecified atom stereocenters. The molecule has 2 aromatic rings. The lowest BCUT2D eigenvalue weighted by Crippen LogP contribution is -2.19. The molecule has 5 nitrogen and oxygen atoms in total. The highest BCUT2D eigenvalue weighted by Gasteiger charge is 2.09. The fourth-order valence-electron chi connectivity index (χ4n) is 1.76. The number of halogens is 1. The van der Waals surface area contributed by atoms with Gasteiger partial charge in [-0.15, -0.1) is 0 Å². The number of rotatable bonds is 4. The molecule has 2 aromatic carbocycles.